The normalized spacial score (nSPS) is 26.4. The van der Waals surface area contributed by atoms with Gasteiger partial charge in [-0.2, -0.15) is 0 Å². The molecule has 46 valence electrons. The Labute approximate surface area is 52.6 Å². The molecule has 1 aliphatic rings. The first kappa shape index (κ1) is 5.95. The van der Waals surface area contributed by atoms with Crippen molar-refractivity contribution in [3.8, 4) is 0 Å². The third kappa shape index (κ3) is 1.40. The van der Waals surface area contributed by atoms with Crippen LogP contribution in [0, 0.1) is 0 Å². The highest BCUT2D eigenvalue weighted by Crippen LogP contribution is 2.28. The van der Waals surface area contributed by atoms with Crippen LogP contribution in [0.25, 0.3) is 0 Å². The maximum Gasteiger partial charge on any atom is 0.303 e. The molecule has 0 aromatic carbocycles. The fourth-order valence-electron chi connectivity index (χ4n) is 0.492. The first-order valence-electron chi connectivity index (χ1n) is 2.58. The molecule has 0 bridgehead atoms. The van der Waals surface area contributed by atoms with Gasteiger partial charge in [-0.3, -0.25) is 4.79 Å². The van der Waals surface area contributed by atoms with Crippen molar-refractivity contribution in [3.05, 3.63) is 0 Å². The van der Waals surface area contributed by atoms with E-state index in [0.717, 1.165) is 12.2 Å². The minimum absolute atomic E-state index is 0.165. The van der Waals surface area contributed by atoms with Gasteiger partial charge >= 0.3 is 5.97 Å². The van der Waals surface area contributed by atoms with Crippen LogP contribution in [0.4, 0.5) is 0 Å². The Hall–Kier alpha value is -0.180. The quantitative estimate of drug-likeness (QED) is 0.498. The second-order valence-corrected chi connectivity index (χ2v) is 2.97. The fraction of sp³-hybridized carbons (Fsp3) is 0.800. The largest absolute Gasteiger partial charge is 0.451 e. The van der Waals surface area contributed by atoms with Gasteiger partial charge in [0.1, 0.15) is 5.44 Å². The van der Waals surface area contributed by atoms with Crippen LogP contribution in [0.5, 0.6) is 0 Å². The third-order valence-corrected chi connectivity index (χ3v) is 2.13. The Balaban J connectivity index is 2.09. The molecule has 0 N–H and O–H groups in total. The van der Waals surface area contributed by atoms with Crippen molar-refractivity contribution >= 4 is 17.7 Å². The number of esters is 1. The predicted molar refractivity (Wildman–Crippen MR) is 32.6 cm³/mol. The minimum Gasteiger partial charge on any atom is -0.451 e. The van der Waals surface area contributed by atoms with Gasteiger partial charge < -0.3 is 4.74 Å². The first-order chi connectivity index (χ1) is 3.79. The minimum atomic E-state index is -0.165. The zero-order valence-corrected chi connectivity index (χ0v) is 5.53. The highest BCUT2D eigenvalue weighted by molar-refractivity contribution is 8.01. The van der Waals surface area contributed by atoms with E-state index in [1.54, 1.807) is 11.8 Å². The van der Waals surface area contributed by atoms with Gasteiger partial charge in [0.2, 0.25) is 0 Å². The van der Waals surface area contributed by atoms with E-state index in [2.05, 4.69) is 0 Å². The number of rotatable bonds is 1. The van der Waals surface area contributed by atoms with Crippen LogP contribution in [-0.2, 0) is 9.53 Å². The lowest BCUT2D eigenvalue weighted by Gasteiger charge is -2.23. The molecule has 0 spiro atoms. The molecule has 1 atom stereocenters. The number of hydrogen-bond donors (Lipinski definition) is 0. The summed E-state index contributed by atoms with van der Waals surface area (Å²) in [5.41, 5.74) is 0.174. The van der Waals surface area contributed by atoms with E-state index in [1.807, 2.05) is 0 Å². The van der Waals surface area contributed by atoms with Crippen LogP contribution >= 0.6 is 11.8 Å². The van der Waals surface area contributed by atoms with Crippen molar-refractivity contribution in [2.75, 3.05) is 5.75 Å². The Bertz CT molecular complexity index is 98.6. The highest BCUT2D eigenvalue weighted by Gasteiger charge is 2.20. The number of carbonyl (C=O) groups is 1. The lowest BCUT2D eigenvalue weighted by molar-refractivity contribution is -0.142. The Morgan fingerprint density at radius 2 is 2.50 bits per heavy atom. The molecule has 0 radical (unpaired) electrons. The van der Waals surface area contributed by atoms with E-state index in [9.17, 15) is 4.79 Å². The molecule has 1 unspecified atom stereocenters. The molecule has 3 heteroatoms. The summed E-state index contributed by atoms with van der Waals surface area (Å²) in [6.45, 7) is 1.44. The summed E-state index contributed by atoms with van der Waals surface area (Å²) < 4.78 is 4.81. The Morgan fingerprint density at radius 3 is 2.62 bits per heavy atom. The van der Waals surface area contributed by atoms with E-state index in [1.165, 1.54) is 6.92 Å². The molecule has 1 rings (SSSR count). The second kappa shape index (κ2) is 2.40. The van der Waals surface area contributed by atoms with Crippen molar-refractivity contribution in [3.63, 3.8) is 0 Å². The predicted octanol–water partition coefficient (Wildman–Crippen LogP) is 1.01. The van der Waals surface area contributed by atoms with E-state index in [-0.39, 0.29) is 11.4 Å². The van der Waals surface area contributed by atoms with E-state index < -0.39 is 0 Å². The first-order valence-corrected chi connectivity index (χ1v) is 3.63. The zero-order chi connectivity index (χ0) is 5.98. The molecule has 1 fully saturated rings. The van der Waals surface area contributed by atoms with E-state index >= 15 is 0 Å². The van der Waals surface area contributed by atoms with Gasteiger partial charge in [0.25, 0.3) is 0 Å². The summed E-state index contributed by atoms with van der Waals surface area (Å²) in [7, 11) is 0. The number of thioether (sulfide) groups is 1. The average Bonchev–Trinajstić information content (AvgIpc) is 1.55. The van der Waals surface area contributed by atoms with Gasteiger partial charge in [0, 0.05) is 19.1 Å². The number of ether oxygens (including phenoxy) is 1. The van der Waals surface area contributed by atoms with Crippen LogP contribution in [0.3, 0.4) is 0 Å². The Morgan fingerprint density at radius 1 is 1.88 bits per heavy atom. The van der Waals surface area contributed by atoms with Crippen LogP contribution in [-0.4, -0.2) is 17.2 Å². The molecule has 8 heavy (non-hydrogen) atoms. The fourth-order valence-corrected chi connectivity index (χ4v) is 1.12. The third-order valence-electron chi connectivity index (χ3n) is 0.955. The molecule has 0 amide bonds. The topological polar surface area (TPSA) is 26.3 Å². The summed E-state index contributed by atoms with van der Waals surface area (Å²) in [5, 5.41) is 0. The average molecular weight is 132 g/mol. The van der Waals surface area contributed by atoms with Crippen LogP contribution < -0.4 is 0 Å². The molecule has 1 saturated heterocycles. The van der Waals surface area contributed by atoms with Gasteiger partial charge in [-0.1, -0.05) is 0 Å². The molecular formula is C5H8O2S. The lowest BCUT2D eigenvalue weighted by atomic mass is 10.5. The van der Waals surface area contributed by atoms with Gasteiger partial charge in [-0.15, -0.1) is 11.8 Å². The molecule has 1 heterocycles. The molecule has 0 aromatic heterocycles. The van der Waals surface area contributed by atoms with Crippen molar-refractivity contribution in [2.45, 2.75) is 18.8 Å². The summed E-state index contributed by atoms with van der Waals surface area (Å²) in [6.07, 6.45) is 1.03. The number of hydrogen-bond acceptors (Lipinski definition) is 3. The summed E-state index contributed by atoms with van der Waals surface area (Å²) in [5.74, 6) is 0.972. The van der Waals surface area contributed by atoms with Crippen LogP contribution in [0.1, 0.15) is 13.3 Å². The summed E-state index contributed by atoms with van der Waals surface area (Å²) in [6, 6.07) is 0. The van der Waals surface area contributed by atoms with Crippen LogP contribution in [0.15, 0.2) is 0 Å². The van der Waals surface area contributed by atoms with Gasteiger partial charge in [-0.25, -0.2) is 0 Å². The summed E-state index contributed by atoms with van der Waals surface area (Å²) >= 11 is 1.69. The molecule has 1 aliphatic heterocycles. The molecule has 0 aliphatic carbocycles. The Kier molecular flexibility index (Phi) is 1.78. The van der Waals surface area contributed by atoms with Gasteiger partial charge in [0.15, 0.2) is 0 Å². The van der Waals surface area contributed by atoms with E-state index in [4.69, 9.17) is 4.74 Å². The molecule has 2 nitrogen and oxygen atoms in total. The maximum absolute atomic E-state index is 10.2. The van der Waals surface area contributed by atoms with Crippen molar-refractivity contribution in [2.24, 2.45) is 0 Å². The van der Waals surface area contributed by atoms with Crippen LogP contribution in [0.2, 0.25) is 0 Å². The molecule has 0 saturated carbocycles. The highest BCUT2D eigenvalue weighted by atomic mass is 32.2. The summed E-state index contributed by atoms with van der Waals surface area (Å²) in [4.78, 5) is 10.2. The zero-order valence-electron chi connectivity index (χ0n) is 4.72. The second-order valence-electron chi connectivity index (χ2n) is 1.70. The van der Waals surface area contributed by atoms with Gasteiger partial charge in [0.05, 0.1) is 0 Å². The SMILES string of the molecule is CC(=O)OC1CCS1. The van der Waals surface area contributed by atoms with Gasteiger partial charge in [-0.05, 0) is 0 Å². The monoisotopic (exact) mass is 132 g/mol. The van der Waals surface area contributed by atoms with Crippen molar-refractivity contribution in [1.29, 1.82) is 0 Å². The maximum atomic E-state index is 10.2. The van der Waals surface area contributed by atoms with Crippen molar-refractivity contribution < 1.29 is 9.53 Å². The standard InChI is InChI=1S/C5H8O2S/c1-4(6)7-5-2-3-8-5/h5H,2-3H2,1H3. The molecule has 0 aromatic rings. The lowest BCUT2D eigenvalue weighted by Crippen LogP contribution is -2.21. The molecular weight excluding hydrogens is 124 g/mol. The number of carbonyl (C=O) groups excluding carboxylic acids is 1. The van der Waals surface area contributed by atoms with Crippen molar-refractivity contribution in [1.82, 2.24) is 0 Å². The smallest absolute Gasteiger partial charge is 0.303 e. The van der Waals surface area contributed by atoms with E-state index in [0.29, 0.717) is 0 Å².